The molecule has 1 unspecified atom stereocenters. The van der Waals surface area contributed by atoms with E-state index in [1.807, 2.05) is 0 Å². The Kier molecular flexibility index (Phi) is 3.00. The highest BCUT2D eigenvalue weighted by molar-refractivity contribution is 5.48. The van der Waals surface area contributed by atoms with Gasteiger partial charge in [-0.3, -0.25) is 0 Å². The lowest BCUT2D eigenvalue weighted by molar-refractivity contribution is -0.389. The first kappa shape index (κ1) is 10.8. The molecule has 0 radical (unpaired) electrons. The molecule has 2 rings (SSSR count). The van der Waals surface area contributed by atoms with Crippen LogP contribution in [-0.4, -0.2) is 29.0 Å². The maximum atomic E-state index is 10.5. The molecule has 2 heterocycles. The number of nitrogens with zero attached hydrogens (tertiary/aromatic N) is 3. The first-order valence-corrected chi connectivity index (χ1v) is 5.29. The minimum Gasteiger partial charge on any atom is -0.364 e. The fourth-order valence-electron chi connectivity index (χ4n) is 2.08. The molecule has 1 aromatic heterocycles. The molecule has 1 aromatic rings. The van der Waals surface area contributed by atoms with Crippen LogP contribution in [0.2, 0.25) is 0 Å². The van der Waals surface area contributed by atoms with Crippen LogP contribution in [0.3, 0.4) is 0 Å². The third-order valence-corrected chi connectivity index (χ3v) is 2.90. The molecule has 16 heavy (non-hydrogen) atoms. The van der Waals surface area contributed by atoms with Crippen molar-refractivity contribution in [2.75, 3.05) is 18.0 Å². The average molecular weight is 222 g/mol. The molecule has 0 aromatic carbocycles. The fraction of sp³-hybridized carbons (Fsp3) is 0.500. The minimum absolute atomic E-state index is 0.118. The smallest absolute Gasteiger partial charge is 0.363 e. The molecule has 0 aliphatic carbocycles. The largest absolute Gasteiger partial charge is 0.364 e. The molecule has 1 atom stereocenters. The maximum absolute atomic E-state index is 10.5. The van der Waals surface area contributed by atoms with Crippen LogP contribution in [0.15, 0.2) is 18.3 Å². The van der Waals surface area contributed by atoms with E-state index in [1.54, 1.807) is 12.3 Å². The second-order valence-corrected chi connectivity index (χ2v) is 3.86. The van der Waals surface area contributed by atoms with Gasteiger partial charge in [0.15, 0.2) is 6.20 Å². The summed E-state index contributed by atoms with van der Waals surface area (Å²) in [4.78, 5) is 15.9. The lowest BCUT2D eigenvalue weighted by Gasteiger charge is -2.24. The van der Waals surface area contributed by atoms with Gasteiger partial charge >= 0.3 is 5.82 Å². The molecule has 0 bridgehead atoms. The first-order valence-electron chi connectivity index (χ1n) is 5.29. The SMILES string of the molecule is NCC1CCCN1c1ccc([N+](=O)[O-])nc1. The average Bonchev–Trinajstić information content (AvgIpc) is 2.77. The molecule has 1 aliphatic heterocycles. The van der Waals surface area contributed by atoms with Crippen LogP contribution in [0.5, 0.6) is 0 Å². The van der Waals surface area contributed by atoms with E-state index in [0.29, 0.717) is 12.6 Å². The van der Waals surface area contributed by atoms with Crippen LogP contribution >= 0.6 is 0 Å². The Bertz CT molecular complexity index is 379. The first-order chi connectivity index (χ1) is 7.72. The summed E-state index contributed by atoms with van der Waals surface area (Å²) >= 11 is 0. The molecule has 2 N–H and O–H groups in total. The van der Waals surface area contributed by atoms with Crippen molar-refractivity contribution in [2.45, 2.75) is 18.9 Å². The third-order valence-electron chi connectivity index (χ3n) is 2.90. The van der Waals surface area contributed by atoms with Gasteiger partial charge in [-0.1, -0.05) is 0 Å². The van der Waals surface area contributed by atoms with Gasteiger partial charge in [0.1, 0.15) is 0 Å². The van der Waals surface area contributed by atoms with Crippen molar-refractivity contribution in [3.8, 4) is 0 Å². The molecule has 6 nitrogen and oxygen atoms in total. The predicted molar refractivity (Wildman–Crippen MR) is 60.3 cm³/mol. The summed E-state index contributed by atoms with van der Waals surface area (Å²) in [5, 5.41) is 10.5. The third kappa shape index (κ3) is 1.96. The van der Waals surface area contributed by atoms with E-state index in [2.05, 4.69) is 9.88 Å². The van der Waals surface area contributed by atoms with Crippen LogP contribution in [0.4, 0.5) is 11.5 Å². The van der Waals surface area contributed by atoms with E-state index in [0.717, 1.165) is 25.1 Å². The number of anilines is 1. The Labute approximate surface area is 93.2 Å². The van der Waals surface area contributed by atoms with E-state index in [4.69, 9.17) is 5.73 Å². The summed E-state index contributed by atoms with van der Waals surface area (Å²) < 4.78 is 0. The standard InChI is InChI=1S/C10H14N4O2/c11-6-8-2-1-5-13(8)9-3-4-10(12-7-9)14(15)16/h3-4,7-8H,1-2,5-6,11H2. The molecule has 1 fully saturated rings. The Morgan fingerprint density at radius 2 is 2.44 bits per heavy atom. The topological polar surface area (TPSA) is 85.3 Å². The van der Waals surface area contributed by atoms with Crippen LogP contribution in [0.1, 0.15) is 12.8 Å². The van der Waals surface area contributed by atoms with Crippen LogP contribution < -0.4 is 10.6 Å². The zero-order valence-electron chi connectivity index (χ0n) is 8.87. The predicted octanol–water partition coefficient (Wildman–Crippen LogP) is 0.917. The van der Waals surface area contributed by atoms with Crippen molar-refractivity contribution in [2.24, 2.45) is 5.73 Å². The number of pyridine rings is 1. The minimum atomic E-state index is -0.492. The Morgan fingerprint density at radius 3 is 3.00 bits per heavy atom. The highest BCUT2D eigenvalue weighted by Crippen LogP contribution is 2.25. The Hall–Kier alpha value is -1.69. The van der Waals surface area contributed by atoms with Crippen molar-refractivity contribution in [1.82, 2.24) is 4.98 Å². The van der Waals surface area contributed by atoms with Crippen molar-refractivity contribution >= 4 is 11.5 Å². The number of nitro groups is 1. The second-order valence-electron chi connectivity index (χ2n) is 3.86. The summed E-state index contributed by atoms with van der Waals surface area (Å²) in [6.45, 7) is 1.55. The van der Waals surface area contributed by atoms with Crippen molar-refractivity contribution in [1.29, 1.82) is 0 Å². The summed E-state index contributed by atoms with van der Waals surface area (Å²) in [7, 11) is 0. The molecule has 0 amide bonds. The van der Waals surface area contributed by atoms with Gasteiger partial charge in [0.05, 0.1) is 5.69 Å². The van der Waals surface area contributed by atoms with Crippen LogP contribution in [-0.2, 0) is 0 Å². The van der Waals surface area contributed by atoms with Gasteiger partial charge < -0.3 is 20.7 Å². The Morgan fingerprint density at radius 1 is 1.62 bits per heavy atom. The van der Waals surface area contributed by atoms with E-state index in [9.17, 15) is 10.1 Å². The second kappa shape index (κ2) is 4.44. The van der Waals surface area contributed by atoms with E-state index in [1.165, 1.54) is 6.07 Å². The van der Waals surface area contributed by atoms with Crippen molar-refractivity contribution in [3.63, 3.8) is 0 Å². The molecule has 86 valence electrons. The highest BCUT2D eigenvalue weighted by atomic mass is 16.6. The van der Waals surface area contributed by atoms with Gasteiger partial charge in [0.2, 0.25) is 0 Å². The zero-order valence-corrected chi connectivity index (χ0v) is 8.87. The fourth-order valence-corrected chi connectivity index (χ4v) is 2.08. The molecule has 0 spiro atoms. The summed E-state index contributed by atoms with van der Waals surface area (Å²) in [6.07, 6.45) is 3.73. The van der Waals surface area contributed by atoms with Crippen LogP contribution in [0, 0.1) is 10.1 Å². The number of hydrogen-bond donors (Lipinski definition) is 1. The molecular weight excluding hydrogens is 208 g/mol. The monoisotopic (exact) mass is 222 g/mol. The molecular formula is C10H14N4O2. The molecule has 1 saturated heterocycles. The van der Waals surface area contributed by atoms with Gasteiger partial charge in [0.25, 0.3) is 0 Å². The number of aromatic nitrogens is 1. The lowest BCUT2D eigenvalue weighted by Crippen LogP contribution is -2.35. The van der Waals surface area contributed by atoms with Crippen LogP contribution in [0.25, 0.3) is 0 Å². The van der Waals surface area contributed by atoms with Gasteiger partial charge in [-0.2, -0.15) is 0 Å². The summed E-state index contributed by atoms with van der Waals surface area (Å²) in [5.41, 5.74) is 6.58. The number of nitrogens with two attached hydrogens (primary N) is 1. The molecule has 6 heteroatoms. The highest BCUT2D eigenvalue weighted by Gasteiger charge is 2.24. The van der Waals surface area contributed by atoms with E-state index in [-0.39, 0.29) is 5.82 Å². The normalized spacial score (nSPS) is 20.1. The van der Waals surface area contributed by atoms with E-state index >= 15 is 0 Å². The number of hydrogen-bond acceptors (Lipinski definition) is 5. The van der Waals surface area contributed by atoms with Crippen molar-refractivity contribution in [3.05, 3.63) is 28.4 Å². The van der Waals surface area contributed by atoms with Gasteiger partial charge in [0, 0.05) is 25.2 Å². The number of rotatable bonds is 3. The zero-order chi connectivity index (χ0) is 11.5. The Balaban J connectivity index is 2.18. The molecule has 0 saturated carbocycles. The molecule has 1 aliphatic rings. The van der Waals surface area contributed by atoms with Crippen molar-refractivity contribution < 1.29 is 4.92 Å². The summed E-state index contributed by atoms with van der Waals surface area (Å²) in [5.74, 6) is -0.118. The maximum Gasteiger partial charge on any atom is 0.363 e. The van der Waals surface area contributed by atoms with E-state index < -0.39 is 4.92 Å². The van der Waals surface area contributed by atoms with Gasteiger partial charge in [-0.15, -0.1) is 0 Å². The van der Waals surface area contributed by atoms with Gasteiger partial charge in [-0.25, -0.2) is 0 Å². The van der Waals surface area contributed by atoms with Gasteiger partial charge in [-0.05, 0) is 28.8 Å². The summed E-state index contributed by atoms with van der Waals surface area (Å²) in [6, 6.07) is 3.50. The lowest BCUT2D eigenvalue weighted by atomic mass is 10.2. The quantitative estimate of drug-likeness (QED) is 0.607.